The van der Waals surface area contributed by atoms with Gasteiger partial charge in [0.2, 0.25) is 0 Å². The lowest BCUT2D eigenvalue weighted by Crippen LogP contribution is -2.39. The highest BCUT2D eigenvalue weighted by Crippen LogP contribution is 2.43. The molecular weight excluding hydrogens is 638 g/mol. The molecule has 0 aliphatic carbocycles. The Labute approximate surface area is 287 Å². The van der Waals surface area contributed by atoms with Crippen LogP contribution in [-0.4, -0.2) is 74.8 Å². The minimum Gasteiger partial charge on any atom is -0.497 e. The molecule has 1 fully saturated rings. The predicted octanol–water partition coefficient (Wildman–Crippen LogP) is 4.72. The second kappa shape index (κ2) is 14.1. The molecule has 254 valence electrons. The summed E-state index contributed by atoms with van der Waals surface area (Å²) in [6, 6.07) is 33.7. The van der Waals surface area contributed by atoms with Gasteiger partial charge in [-0.2, -0.15) is 0 Å². The second-order valence-electron chi connectivity index (χ2n) is 11.7. The molecule has 1 aliphatic rings. The average molecular weight is 674 g/mol. The SMILES string of the molecule is COc1ccc(C(OC[C@@H]2O[C@H](n3cnc4c(NC(=O)c5ccccc5)ncnc43)[C@H](O)[C@@H]2O)(c2ccccc2)c2ccc(OC)cc2)cc1. The van der Waals surface area contributed by atoms with Crippen LogP contribution in [0.15, 0.2) is 122 Å². The Balaban J connectivity index is 1.20. The first-order valence-electron chi connectivity index (χ1n) is 16.0. The zero-order valence-electron chi connectivity index (χ0n) is 27.3. The van der Waals surface area contributed by atoms with E-state index in [4.69, 9.17) is 18.9 Å². The fourth-order valence-corrected chi connectivity index (χ4v) is 6.28. The summed E-state index contributed by atoms with van der Waals surface area (Å²) in [5, 5.41) is 25.4. The number of aliphatic hydroxyl groups excluding tert-OH is 2. The van der Waals surface area contributed by atoms with Crippen LogP contribution in [-0.2, 0) is 15.1 Å². The van der Waals surface area contributed by atoms with E-state index in [1.807, 2.05) is 84.9 Å². The van der Waals surface area contributed by atoms with Crippen molar-refractivity contribution in [3.8, 4) is 11.5 Å². The summed E-state index contributed by atoms with van der Waals surface area (Å²) >= 11 is 0. The maximum absolute atomic E-state index is 12.9. The molecular formula is C38H35N5O7. The normalized spacial score (nSPS) is 19.0. The Morgan fingerprint density at radius 2 is 1.36 bits per heavy atom. The number of rotatable bonds is 11. The van der Waals surface area contributed by atoms with E-state index in [0.29, 0.717) is 28.2 Å². The van der Waals surface area contributed by atoms with Crippen molar-refractivity contribution < 1.29 is 34.0 Å². The second-order valence-corrected chi connectivity index (χ2v) is 11.7. The van der Waals surface area contributed by atoms with Crippen molar-refractivity contribution >= 4 is 22.9 Å². The van der Waals surface area contributed by atoms with Crippen molar-refractivity contribution in [2.24, 2.45) is 0 Å². The Bertz CT molecular complexity index is 2010. The number of ether oxygens (including phenoxy) is 4. The fourth-order valence-electron chi connectivity index (χ4n) is 6.28. The average Bonchev–Trinajstić information content (AvgIpc) is 3.73. The summed E-state index contributed by atoms with van der Waals surface area (Å²) in [6.07, 6.45) is -1.97. The Kier molecular flexibility index (Phi) is 9.24. The molecule has 0 spiro atoms. The first kappa shape index (κ1) is 32.9. The van der Waals surface area contributed by atoms with Gasteiger partial charge in [0.15, 0.2) is 23.2 Å². The number of hydrogen-bond acceptors (Lipinski definition) is 10. The third kappa shape index (κ3) is 6.05. The molecule has 6 aromatic rings. The maximum atomic E-state index is 12.9. The summed E-state index contributed by atoms with van der Waals surface area (Å²) in [4.78, 5) is 25.9. The van der Waals surface area contributed by atoms with E-state index >= 15 is 0 Å². The molecule has 3 N–H and O–H groups in total. The number of hydrogen-bond donors (Lipinski definition) is 3. The molecule has 1 amide bonds. The van der Waals surface area contributed by atoms with Crippen molar-refractivity contribution in [2.75, 3.05) is 26.1 Å². The predicted molar refractivity (Wildman–Crippen MR) is 184 cm³/mol. The summed E-state index contributed by atoms with van der Waals surface area (Å²) in [5.74, 6) is 1.21. The molecule has 4 atom stereocenters. The number of aliphatic hydroxyl groups is 2. The molecule has 0 unspecified atom stereocenters. The van der Waals surface area contributed by atoms with Gasteiger partial charge in [-0.05, 0) is 53.1 Å². The summed E-state index contributed by atoms with van der Waals surface area (Å²) < 4.78 is 25.6. The molecule has 0 radical (unpaired) electrons. The molecule has 12 heteroatoms. The number of amides is 1. The van der Waals surface area contributed by atoms with Crippen molar-refractivity contribution in [2.45, 2.75) is 30.1 Å². The number of aromatic nitrogens is 4. The van der Waals surface area contributed by atoms with Crippen LogP contribution in [0.4, 0.5) is 5.82 Å². The first-order chi connectivity index (χ1) is 24.4. The zero-order chi connectivity index (χ0) is 34.7. The van der Waals surface area contributed by atoms with Gasteiger partial charge in [-0.15, -0.1) is 0 Å². The number of anilines is 1. The number of benzene rings is 4. The molecule has 7 rings (SSSR count). The van der Waals surface area contributed by atoms with Gasteiger partial charge >= 0.3 is 0 Å². The van der Waals surface area contributed by atoms with Crippen LogP contribution in [0.1, 0.15) is 33.3 Å². The van der Waals surface area contributed by atoms with Crippen molar-refractivity contribution in [1.82, 2.24) is 19.5 Å². The molecule has 2 aromatic heterocycles. The first-order valence-corrected chi connectivity index (χ1v) is 16.0. The van der Waals surface area contributed by atoms with E-state index in [9.17, 15) is 15.0 Å². The number of carbonyl (C=O) groups excluding carboxylic acids is 1. The van der Waals surface area contributed by atoms with Crippen molar-refractivity contribution in [1.29, 1.82) is 0 Å². The third-order valence-electron chi connectivity index (χ3n) is 8.88. The lowest BCUT2D eigenvalue weighted by molar-refractivity contribution is -0.0942. The molecule has 0 bridgehead atoms. The number of nitrogens with one attached hydrogen (secondary N) is 1. The summed E-state index contributed by atoms with van der Waals surface area (Å²) in [6.45, 7) is -0.109. The highest BCUT2D eigenvalue weighted by Gasteiger charge is 2.47. The molecule has 1 aliphatic heterocycles. The van der Waals surface area contributed by atoms with E-state index in [0.717, 1.165) is 16.7 Å². The number of methoxy groups -OCH3 is 2. The quantitative estimate of drug-likeness (QED) is 0.165. The van der Waals surface area contributed by atoms with Crippen LogP contribution >= 0.6 is 0 Å². The van der Waals surface area contributed by atoms with Crippen LogP contribution in [0.25, 0.3) is 11.2 Å². The van der Waals surface area contributed by atoms with Crippen LogP contribution in [0.5, 0.6) is 11.5 Å². The van der Waals surface area contributed by atoms with Gasteiger partial charge in [-0.1, -0.05) is 72.8 Å². The summed E-state index contributed by atoms with van der Waals surface area (Å²) in [7, 11) is 3.22. The van der Waals surface area contributed by atoms with Crippen molar-refractivity contribution in [3.05, 3.63) is 144 Å². The highest BCUT2D eigenvalue weighted by atomic mass is 16.6. The number of imidazole rings is 1. The van der Waals surface area contributed by atoms with Gasteiger partial charge in [-0.25, -0.2) is 15.0 Å². The Morgan fingerprint density at radius 1 is 0.780 bits per heavy atom. The largest absolute Gasteiger partial charge is 0.497 e. The molecule has 4 aromatic carbocycles. The van der Waals surface area contributed by atoms with E-state index in [1.54, 1.807) is 38.5 Å². The Hall–Kier alpha value is -5.66. The number of fused-ring (bicyclic) bond motifs is 1. The minimum atomic E-state index is -1.36. The molecule has 3 heterocycles. The van der Waals surface area contributed by atoms with E-state index in [-0.39, 0.29) is 18.3 Å². The highest BCUT2D eigenvalue weighted by molar-refractivity contribution is 6.06. The fraction of sp³-hybridized carbons (Fsp3) is 0.211. The van der Waals surface area contributed by atoms with Crippen LogP contribution in [0.3, 0.4) is 0 Å². The van der Waals surface area contributed by atoms with E-state index in [2.05, 4.69) is 20.3 Å². The maximum Gasteiger partial charge on any atom is 0.256 e. The van der Waals surface area contributed by atoms with Gasteiger partial charge < -0.3 is 34.5 Å². The smallest absolute Gasteiger partial charge is 0.256 e. The monoisotopic (exact) mass is 673 g/mol. The van der Waals surface area contributed by atoms with E-state index in [1.165, 1.54) is 17.2 Å². The lowest BCUT2D eigenvalue weighted by atomic mass is 9.80. The third-order valence-corrected chi connectivity index (χ3v) is 8.88. The molecule has 12 nitrogen and oxygen atoms in total. The molecule has 1 saturated heterocycles. The lowest BCUT2D eigenvalue weighted by Gasteiger charge is -2.37. The van der Waals surface area contributed by atoms with E-state index < -0.39 is 30.1 Å². The van der Waals surface area contributed by atoms with Gasteiger partial charge in [0.25, 0.3) is 5.91 Å². The standard InChI is InChI=1S/C38H35N5O7/c1-47-28-17-13-26(14-18-28)38(25-11-7-4-8-12-25,27-15-19-29(48-2)20-16-27)49-21-30-32(44)33(45)37(50-30)43-23-41-31-34(39-22-40-35(31)43)42-36(46)24-9-5-3-6-10-24/h3-20,22-23,30,32-33,37,44-45H,21H2,1-2H3,(H,39,40,42,46)/t30-,32+,33+,37-/m0/s1. The summed E-state index contributed by atoms with van der Waals surface area (Å²) in [5.41, 5.74) is 2.34. The van der Waals surface area contributed by atoms with Crippen LogP contribution in [0.2, 0.25) is 0 Å². The molecule has 0 saturated carbocycles. The van der Waals surface area contributed by atoms with Crippen LogP contribution in [0, 0.1) is 0 Å². The van der Waals surface area contributed by atoms with Gasteiger partial charge in [-0.3, -0.25) is 9.36 Å². The minimum absolute atomic E-state index is 0.109. The Morgan fingerprint density at radius 3 is 1.96 bits per heavy atom. The number of nitrogens with zero attached hydrogens (tertiary/aromatic N) is 4. The van der Waals surface area contributed by atoms with Crippen molar-refractivity contribution in [3.63, 3.8) is 0 Å². The topological polar surface area (TPSA) is 150 Å². The van der Waals surface area contributed by atoms with Gasteiger partial charge in [0.05, 0.1) is 27.2 Å². The van der Waals surface area contributed by atoms with Crippen LogP contribution < -0.4 is 14.8 Å². The van der Waals surface area contributed by atoms with Gasteiger partial charge in [0, 0.05) is 5.56 Å². The number of carbonyl (C=O) groups is 1. The molecule has 50 heavy (non-hydrogen) atoms. The van der Waals surface area contributed by atoms with Gasteiger partial charge in [0.1, 0.15) is 41.7 Å². The zero-order valence-corrected chi connectivity index (χ0v) is 27.3.